The molecule has 0 saturated carbocycles. The van der Waals surface area contributed by atoms with Crippen molar-refractivity contribution in [3.63, 3.8) is 0 Å². The van der Waals surface area contributed by atoms with Gasteiger partial charge in [0.2, 0.25) is 11.6 Å². The summed E-state index contributed by atoms with van der Waals surface area (Å²) in [6, 6.07) is 9.35. The van der Waals surface area contributed by atoms with Crippen molar-refractivity contribution in [3.8, 4) is 0 Å². The van der Waals surface area contributed by atoms with Crippen LogP contribution in [0.1, 0.15) is 54.4 Å². The normalized spacial score (nSPS) is 13.3. The second-order valence-corrected chi connectivity index (χ2v) is 12.0. The first-order valence-electron chi connectivity index (χ1n) is 12.3. The van der Waals surface area contributed by atoms with Crippen LogP contribution in [0.3, 0.4) is 0 Å². The van der Waals surface area contributed by atoms with E-state index in [1.165, 1.54) is 24.3 Å². The smallest absolute Gasteiger partial charge is 0.287 e. The fourth-order valence-corrected chi connectivity index (χ4v) is 6.23. The van der Waals surface area contributed by atoms with Crippen LogP contribution in [0.25, 0.3) is 0 Å². The zero-order valence-electron chi connectivity index (χ0n) is 21.2. The molecule has 0 unspecified atom stereocenters. The zero-order valence-corrected chi connectivity index (χ0v) is 25.9. The Morgan fingerprint density at radius 3 is 1.81 bits per heavy atom. The van der Waals surface area contributed by atoms with E-state index in [0.717, 1.165) is 20.1 Å². The minimum absolute atomic E-state index is 0.0478. The van der Waals surface area contributed by atoms with Gasteiger partial charge in [-0.15, -0.1) is 0 Å². The van der Waals surface area contributed by atoms with Gasteiger partial charge >= 0.3 is 0 Å². The summed E-state index contributed by atoms with van der Waals surface area (Å²) in [4.78, 5) is 54.6. The van der Waals surface area contributed by atoms with Crippen LogP contribution in [0.4, 0.5) is 11.4 Å². The lowest BCUT2D eigenvalue weighted by Gasteiger charge is -2.06. The fourth-order valence-electron chi connectivity index (χ4n) is 4.97. The summed E-state index contributed by atoms with van der Waals surface area (Å²) in [7, 11) is 0. The van der Waals surface area contributed by atoms with Crippen molar-refractivity contribution in [1.82, 2.24) is 9.97 Å². The number of carbonyl (C=O) groups excluding carboxylic acids is 2. The molecule has 2 aromatic carbocycles. The average molecular weight is 735 g/mol. The van der Waals surface area contributed by atoms with Gasteiger partial charge in [0.05, 0.1) is 9.85 Å². The van der Waals surface area contributed by atoms with Crippen molar-refractivity contribution in [2.75, 3.05) is 0 Å². The molecule has 0 amide bonds. The minimum Gasteiger partial charge on any atom is -0.287 e. The molecule has 0 bridgehead atoms. The lowest BCUT2D eigenvalue weighted by atomic mass is 10.00. The molecule has 6 rings (SSSR count). The zero-order chi connectivity index (χ0) is 30.3. The van der Waals surface area contributed by atoms with Crippen molar-refractivity contribution >= 4 is 78.0 Å². The second-order valence-electron chi connectivity index (χ2n) is 9.38. The molecule has 0 radical (unpaired) electrons. The number of pyridine rings is 2. The van der Waals surface area contributed by atoms with Crippen molar-refractivity contribution in [1.29, 1.82) is 0 Å². The van der Waals surface area contributed by atoms with Crippen LogP contribution in [-0.2, 0) is 25.7 Å². The highest BCUT2D eigenvalue weighted by Gasteiger charge is 2.30. The number of hydrogen-bond donors (Lipinski definition) is 0. The molecule has 4 aromatic rings. The Hall–Kier alpha value is -3.58. The number of carbonyl (C=O) groups is 2. The Kier molecular flexibility index (Phi) is 8.51. The third-order valence-corrected chi connectivity index (χ3v) is 8.35. The van der Waals surface area contributed by atoms with E-state index >= 15 is 0 Å². The van der Waals surface area contributed by atoms with Crippen molar-refractivity contribution in [2.45, 2.75) is 25.7 Å². The molecule has 14 heteroatoms. The van der Waals surface area contributed by atoms with Crippen LogP contribution in [-0.4, -0.2) is 31.4 Å². The van der Waals surface area contributed by atoms with Gasteiger partial charge in [-0.3, -0.25) is 39.8 Å². The number of nitrogens with zero attached hydrogens (tertiary/aromatic N) is 4. The molecule has 2 aliphatic rings. The van der Waals surface area contributed by atoms with Gasteiger partial charge in [0.25, 0.3) is 11.4 Å². The SMILES string of the molecule is O=C1c2cc([N+](=O)[O-])c(Cl)cc2CCc2cc(Br)cnc21.O=C1c2ccc(Cl)c([N+](=O)[O-])c2CCc2cc(Br)cnc21. The van der Waals surface area contributed by atoms with E-state index in [-0.39, 0.29) is 33.0 Å². The van der Waals surface area contributed by atoms with Crippen LogP contribution in [0, 0.1) is 20.2 Å². The number of ketones is 2. The summed E-state index contributed by atoms with van der Waals surface area (Å²) in [5.74, 6) is -0.602. The number of hydrogen-bond acceptors (Lipinski definition) is 8. The van der Waals surface area contributed by atoms with Crippen LogP contribution in [0.2, 0.25) is 10.0 Å². The Morgan fingerprint density at radius 1 is 0.690 bits per heavy atom. The number of fused-ring (bicyclic) bond motifs is 4. The first kappa shape index (κ1) is 29.9. The molecule has 2 aromatic heterocycles. The summed E-state index contributed by atoms with van der Waals surface area (Å²) in [5.41, 5.74) is 3.54. The highest BCUT2D eigenvalue weighted by molar-refractivity contribution is 9.10. The van der Waals surface area contributed by atoms with Gasteiger partial charge in [-0.25, -0.2) is 0 Å². The molecule has 0 atom stereocenters. The van der Waals surface area contributed by atoms with Gasteiger partial charge in [0, 0.05) is 44.1 Å². The molecule has 0 fully saturated rings. The summed E-state index contributed by atoms with van der Waals surface area (Å²) in [6.07, 6.45) is 5.20. The molecule has 0 aliphatic heterocycles. The molecular formula is C28H16Br2Cl2N4O6. The van der Waals surface area contributed by atoms with Crippen molar-refractivity contribution < 1.29 is 19.4 Å². The van der Waals surface area contributed by atoms with E-state index in [4.69, 9.17) is 23.2 Å². The lowest BCUT2D eigenvalue weighted by molar-refractivity contribution is -0.385. The van der Waals surface area contributed by atoms with Crippen LogP contribution in [0.15, 0.2) is 57.7 Å². The van der Waals surface area contributed by atoms with Crippen molar-refractivity contribution in [2.24, 2.45) is 0 Å². The summed E-state index contributed by atoms with van der Waals surface area (Å²) in [6.45, 7) is 0. The summed E-state index contributed by atoms with van der Waals surface area (Å²) >= 11 is 18.5. The van der Waals surface area contributed by atoms with Crippen molar-refractivity contribution in [3.05, 3.63) is 133 Å². The number of nitro benzene ring substituents is 2. The topological polar surface area (TPSA) is 146 Å². The van der Waals surface area contributed by atoms with Crippen LogP contribution in [0.5, 0.6) is 0 Å². The van der Waals surface area contributed by atoms with Gasteiger partial charge in [-0.2, -0.15) is 0 Å². The Balaban J connectivity index is 0.000000168. The first-order chi connectivity index (χ1) is 20.0. The first-order valence-corrected chi connectivity index (χ1v) is 14.6. The maximum atomic E-state index is 12.6. The Labute approximate surface area is 264 Å². The monoisotopic (exact) mass is 732 g/mol. The van der Waals surface area contributed by atoms with E-state index in [9.17, 15) is 29.8 Å². The number of nitro groups is 2. The third kappa shape index (κ3) is 5.71. The molecule has 2 aliphatic carbocycles. The predicted octanol–water partition coefficient (Wildman–Crippen LogP) is 7.47. The molecule has 2 heterocycles. The van der Waals surface area contributed by atoms with Gasteiger partial charge in [-0.1, -0.05) is 23.2 Å². The van der Waals surface area contributed by atoms with E-state index in [1.807, 2.05) is 12.1 Å². The predicted molar refractivity (Wildman–Crippen MR) is 162 cm³/mol. The maximum absolute atomic E-state index is 12.6. The third-order valence-electron chi connectivity index (χ3n) is 6.88. The van der Waals surface area contributed by atoms with E-state index < -0.39 is 9.85 Å². The average Bonchev–Trinajstić information content (AvgIpc) is 3.15. The molecule has 212 valence electrons. The largest absolute Gasteiger partial charge is 0.291 e. The molecule has 0 N–H and O–H groups in total. The minimum atomic E-state index is -0.587. The highest BCUT2D eigenvalue weighted by atomic mass is 79.9. The van der Waals surface area contributed by atoms with Crippen LogP contribution < -0.4 is 0 Å². The number of rotatable bonds is 2. The maximum Gasteiger partial charge on any atom is 0.291 e. The lowest BCUT2D eigenvalue weighted by Crippen LogP contribution is -2.08. The second kappa shape index (κ2) is 12.0. The number of aromatic nitrogens is 2. The molecule has 10 nitrogen and oxygen atoms in total. The van der Waals surface area contributed by atoms with Gasteiger partial charge in [0.15, 0.2) is 0 Å². The number of halogens is 4. The molecular weight excluding hydrogens is 719 g/mol. The Bertz CT molecular complexity index is 1830. The van der Waals surface area contributed by atoms with Gasteiger partial charge in [-0.05, 0) is 105 Å². The van der Waals surface area contributed by atoms with E-state index in [0.29, 0.717) is 59.3 Å². The highest BCUT2D eigenvalue weighted by Crippen LogP contribution is 2.36. The summed E-state index contributed by atoms with van der Waals surface area (Å²) < 4.78 is 1.57. The molecule has 42 heavy (non-hydrogen) atoms. The quantitative estimate of drug-likeness (QED) is 0.152. The molecule has 0 saturated heterocycles. The van der Waals surface area contributed by atoms with E-state index in [1.54, 1.807) is 12.4 Å². The van der Waals surface area contributed by atoms with E-state index in [2.05, 4.69) is 41.8 Å². The van der Waals surface area contributed by atoms with Crippen LogP contribution >= 0.6 is 55.1 Å². The fraction of sp³-hybridized carbons (Fsp3) is 0.143. The Morgan fingerprint density at radius 2 is 1.24 bits per heavy atom. The number of aryl methyl sites for hydroxylation is 3. The number of benzene rings is 2. The summed E-state index contributed by atoms with van der Waals surface area (Å²) in [5, 5.41) is 22.3. The van der Waals surface area contributed by atoms with Gasteiger partial charge < -0.3 is 0 Å². The van der Waals surface area contributed by atoms with Gasteiger partial charge in [0.1, 0.15) is 21.4 Å². The standard InChI is InChI=1S/2C14H8BrClN2O3/c15-9-3-8-2-1-7-4-11(16)12(18(20)21)5-10(7)14(19)13(8)17-6-9;15-8-5-7-1-2-9-10(14(19)12(7)17-6-8)3-4-11(16)13(9)18(20)21/h2*3-6H,1-2H2. The molecule has 0 spiro atoms.